The summed E-state index contributed by atoms with van der Waals surface area (Å²) >= 11 is 0. The topological polar surface area (TPSA) is 26.0 Å². The van der Waals surface area contributed by atoms with Gasteiger partial charge in [0, 0.05) is 6.04 Å². The van der Waals surface area contributed by atoms with Crippen molar-refractivity contribution in [1.29, 1.82) is 0 Å². The van der Waals surface area contributed by atoms with E-state index in [2.05, 4.69) is 13.5 Å². The highest BCUT2D eigenvalue weighted by Crippen LogP contribution is 2.57. The van der Waals surface area contributed by atoms with E-state index in [1.165, 1.54) is 37.7 Å². The van der Waals surface area contributed by atoms with Crippen LogP contribution in [0.5, 0.6) is 0 Å². The van der Waals surface area contributed by atoms with Gasteiger partial charge in [-0.25, -0.2) is 0 Å². The lowest BCUT2D eigenvalue weighted by molar-refractivity contribution is -0.0362. The van der Waals surface area contributed by atoms with Crippen LogP contribution in [0.3, 0.4) is 0 Å². The first-order valence-corrected chi connectivity index (χ1v) is 7.06. The summed E-state index contributed by atoms with van der Waals surface area (Å²) in [5.74, 6) is 5.15. The molecule has 0 amide bonds. The zero-order valence-electron chi connectivity index (χ0n) is 10.5. The minimum atomic E-state index is 0.192. The Bertz CT molecular complexity index is 264. The fourth-order valence-corrected chi connectivity index (χ4v) is 4.86. The van der Waals surface area contributed by atoms with Crippen molar-refractivity contribution in [2.75, 3.05) is 0 Å². The van der Waals surface area contributed by atoms with Gasteiger partial charge in [0.1, 0.15) is 0 Å². The molecule has 4 rings (SSSR count). The maximum atomic E-state index is 5.94. The second-order valence-corrected chi connectivity index (χ2v) is 6.75. The summed E-state index contributed by atoms with van der Waals surface area (Å²) in [5.41, 5.74) is 7.23. The van der Waals surface area contributed by atoms with E-state index in [-0.39, 0.29) is 6.04 Å². The highest BCUT2D eigenvalue weighted by molar-refractivity contribution is 5.08. The van der Waals surface area contributed by atoms with Gasteiger partial charge < -0.3 is 5.73 Å². The Morgan fingerprint density at radius 2 is 1.62 bits per heavy atom. The smallest absolute Gasteiger partial charge is 0.0222 e. The van der Waals surface area contributed by atoms with E-state index >= 15 is 0 Å². The molecule has 90 valence electrons. The van der Waals surface area contributed by atoms with Gasteiger partial charge in [-0.15, -0.1) is 0 Å². The molecule has 0 spiro atoms. The molecule has 0 aliphatic heterocycles. The molecule has 0 saturated heterocycles. The highest BCUT2D eigenvalue weighted by atomic mass is 14.6. The molecular formula is C15H25N. The van der Waals surface area contributed by atoms with Crippen molar-refractivity contribution in [3.63, 3.8) is 0 Å². The first kappa shape index (κ1) is 10.8. The summed E-state index contributed by atoms with van der Waals surface area (Å²) in [7, 11) is 0. The molecular weight excluding hydrogens is 194 g/mol. The largest absolute Gasteiger partial charge is 0.324 e. The van der Waals surface area contributed by atoms with E-state index in [9.17, 15) is 0 Å². The van der Waals surface area contributed by atoms with Gasteiger partial charge in [0.25, 0.3) is 0 Å². The monoisotopic (exact) mass is 219 g/mol. The van der Waals surface area contributed by atoms with Gasteiger partial charge in [0.05, 0.1) is 0 Å². The maximum Gasteiger partial charge on any atom is 0.0222 e. The number of nitrogens with two attached hydrogens (primary N) is 1. The zero-order chi connectivity index (χ0) is 11.3. The van der Waals surface area contributed by atoms with Gasteiger partial charge in [-0.1, -0.05) is 12.2 Å². The van der Waals surface area contributed by atoms with Crippen LogP contribution >= 0.6 is 0 Å². The van der Waals surface area contributed by atoms with Crippen molar-refractivity contribution in [2.45, 2.75) is 51.5 Å². The van der Waals surface area contributed by atoms with Gasteiger partial charge in [0.15, 0.2) is 0 Å². The van der Waals surface area contributed by atoms with Gasteiger partial charge in [-0.3, -0.25) is 0 Å². The average molecular weight is 219 g/mol. The Kier molecular flexibility index (Phi) is 2.62. The van der Waals surface area contributed by atoms with E-state index in [0.29, 0.717) is 0 Å². The van der Waals surface area contributed by atoms with Gasteiger partial charge >= 0.3 is 0 Å². The van der Waals surface area contributed by atoms with Crippen LogP contribution in [0.2, 0.25) is 0 Å². The molecule has 0 aromatic carbocycles. The molecule has 16 heavy (non-hydrogen) atoms. The maximum absolute atomic E-state index is 5.94. The predicted octanol–water partition coefficient (Wildman–Crippen LogP) is 3.35. The molecule has 2 N–H and O–H groups in total. The fourth-order valence-electron chi connectivity index (χ4n) is 4.86. The quantitative estimate of drug-likeness (QED) is 0.724. The molecule has 0 heterocycles. The number of hydrogen-bond acceptors (Lipinski definition) is 1. The molecule has 4 bridgehead atoms. The Balaban J connectivity index is 1.70. The van der Waals surface area contributed by atoms with Crippen LogP contribution in [0.15, 0.2) is 12.2 Å². The third-order valence-electron chi connectivity index (χ3n) is 5.56. The van der Waals surface area contributed by atoms with Crippen molar-refractivity contribution in [2.24, 2.45) is 35.3 Å². The lowest BCUT2D eigenvalue weighted by Gasteiger charge is -2.55. The van der Waals surface area contributed by atoms with Crippen molar-refractivity contribution in [1.82, 2.24) is 0 Å². The van der Waals surface area contributed by atoms with E-state index < -0.39 is 0 Å². The summed E-state index contributed by atoms with van der Waals surface area (Å²) < 4.78 is 0. The SMILES string of the molecule is C=C(CC1C2CC3CC(C2)CC1C3)C(C)N. The Morgan fingerprint density at radius 3 is 2.06 bits per heavy atom. The number of hydrogen-bond donors (Lipinski definition) is 1. The normalized spacial score (nSPS) is 47.0. The molecule has 0 aromatic rings. The van der Waals surface area contributed by atoms with Crippen molar-refractivity contribution >= 4 is 0 Å². The summed E-state index contributed by atoms with van der Waals surface area (Å²) in [6, 6.07) is 0.192. The lowest BCUT2D eigenvalue weighted by Crippen LogP contribution is -2.45. The molecule has 0 radical (unpaired) electrons. The molecule has 0 aromatic heterocycles. The Morgan fingerprint density at radius 1 is 1.12 bits per heavy atom. The summed E-state index contributed by atoms with van der Waals surface area (Å²) in [6.07, 6.45) is 8.84. The van der Waals surface area contributed by atoms with Crippen LogP contribution in [0.1, 0.15) is 45.4 Å². The molecule has 4 saturated carbocycles. The van der Waals surface area contributed by atoms with Crippen LogP contribution in [0.25, 0.3) is 0 Å². The Hall–Kier alpha value is -0.300. The van der Waals surface area contributed by atoms with Gasteiger partial charge in [-0.05, 0) is 75.0 Å². The summed E-state index contributed by atoms with van der Waals surface area (Å²) in [5, 5.41) is 0. The van der Waals surface area contributed by atoms with Crippen LogP contribution in [0.4, 0.5) is 0 Å². The third kappa shape index (κ3) is 1.73. The second kappa shape index (κ2) is 3.87. The first-order chi connectivity index (χ1) is 7.63. The molecule has 4 aliphatic carbocycles. The molecule has 1 atom stereocenters. The minimum Gasteiger partial charge on any atom is -0.324 e. The lowest BCUT2D eigenvalue weighted by atomic mass is 9.51. The van der Waals surface area contributed by atoms with Crippen LogP contribution in [0, 0.1) is 29.6 Å². The average Bonchev–Trinajstić information content (AvgIpc) is 2.21. The second-order valence-electron chi connectivity index (χ2n) is 6.75. The van der Waals surface area contributed by atoms with Crippen LogP contribution in [-0.2, 0) is 0 Å². The zero-order valence-corrected chi connectivity index (χ0v) is 10.5. The minimum absolute atomic E-state index is 0.192. The Labute approximate surface area is 99.5 Å². The van der Waals surface area contributed by atoms with Gasteiger partial charge in [0.2, 0.25) is 0 Å². The molecule has 1 heteroatoms. The van der Waals surface area contributed by atoms with E-state index in [4.69, 9.17) is 5.73 Å². The van der Waals surface area contributed by atoms with Crippen LogP contribution in [-0.4, -0.2) is 6.04 Å². The molecule has 1 nitrogen and oxygen atoms in total. The highest BCUT2D eigenvalue weighted by Gasteiger charge is 2.47. The first-order valence-electron chi connectivity index (χ1n) is 7.06. The number of rotatable bonds is 3. The standard InChI is InChI=1S/C15H25N/c1-9(10(2)16)3-15-13-5-11-4-12(7-13)8-14(15)6-11/h10-15H,1,3-8,16H2,2H3. The molecule has 4 fully saturated rings. The predicted molar refractivity (Wildman–Crippen MR) is 67.9 cm³/mol. The molecule has 4 aliphatic rings. The van der Waals surface area contributed by atoms with E-state index in [0.717, 1.165) is 29.6 Å². The van der Waals surface area contributed by atoms with E-state index in [1.807, 2.05) is 0 Å². The summed E-state index contributed by atoms with van der Waals surface area (Å²) in [6.45, 7) is 6.26. The van der Waals surface area contributed by atoms with Crippen molar-refractivity contribution in [3.05, 3.63) is 12.2 Å². The fraction of sp³-hybridized carbons (Fsp3) is 0.867. The van der Waals surface area contributed by atoms with E-state index in [1.54, 1.807) is 6.42 Å². The van der Waals surface area contributed by atoms with Crippen LogP contribution < -0.4 is 5.73 Å². The van der Waals surface area contributed by atoms with Gasteiger partial charge in [-0.2, -0.15) is 0 Å². The van der Waals surface area contributed by atoms with Crippen molar-refractivity contribution in [3.8, 4) is 0 Å². The summed E-state index contributed by atoms with van der Waals surface area (Å²) in [4.78, 5) is 0. The molecule has 1 unspecified atom stereocenters. The van der Waals surface area contributed by atoms with Crippen molar-refractivity contribution < 1.29 is 0 Å². The third-order valence-corrected chi connectivity index (χ3v) is 5.56.